The molecule has 1 fully saturated rings. The fraction of sp³-hybridized carbons (Fsp3) is 1.00. The van der Waals surface area contributed by atoms with E-state index in [1.54, 1.807) is 0 Å². The van der Waals surface area contributed by atoms with Crippen LogP contribution in [0.15, 0.2) is 0 Å². The molecule has 0 aromatic carbocycles. The van der Waals surface area contributed by atoms with Crippen LogP contribution < -0.4 is 5.32 Å². The third-order valence-electron chi connectivity index (χ3n) is 2.49. The fourth-order valence-corrected chi connectivity index (χ4v) is 1.58. The van der Waals surface area contributed by atoms with Crippen LogP contribution in [0.5, 0.6) is 0 Å². The van der Waals surface area contributed by atoms with Gasteiger partial charge in [-0.2, -0.15) is 0 Å². The van der Waals surface area contributed by atoms with Gasteiger partial charge in [-0.15, -0.1) is 0 Å². The normalized spacial score (nSPS) is 24.0. The molecule has 1 rings (SSSR count). The van der Waals surface area contributed by atoms with E-state index in [0.29, 0.717) is 12.0 Å². The summed E-state index contributed by atoms with van der Waals surface area (Å²) in [7, 11) is 0. The topological polar surface area (TPSA) is 30.5 Å². The molecule has 0 bridgehead atoms. The summed E-state index contributed by atoms with van der Waals surface area (Å²) < 4.78 is 10.9. The molecule has 0 aromatic rings. The summed E-state index contributed by atoms with van der Waals surface area (Å²) in [4.78, 5) is 0. The Balaban J connectivity index is 1.91. The minimum absolute atomic E-state index is 0.470. The molecule has 0 radical (unpaired) electrons. The largest absolute Gasteiger partial charge is 0.381 e. The summed E-state index contributed by atoms with van der Waals surface area (Å²) in [6.45, 7) is 8.90. The van der Waals surface area contributed by atoms with Crippen LogP contribution >= 0.6 is 0 Å². The van der Waals surface area contributed by atoms with E-state index < -0.39 is 0 Å². The van der Waals surface area contributed by atoms with Gasteiger partial charge in [0.25, 0.3) is 0 Å². The lowest BCUT2D eigenvalue weighted by atomic mass is 10.1. The molecule has 2 atom stereocenters. The van der Waals surface area contributed by atoms with Crippen LogP contribution in [0, 0.1) is 5.92 Å². The summed E-state index contributed by atoms with van der Waals surface area (Å²) in [6.07, 6.45) is 2.34. The molecule has 3 nitrogen and oxygen atoms in total. The molecule has 0 aromatic heterocycles. The highest BCUT2D eigenvalue weighted by atomic mass is 16.5. The van der Waals surface area contributed by atoms with Crippen molar-refractivity contribution in [3.8, 4) is 0 Å². The molecule has 0 amide bonds. The Morgan fingerprint density at radius 1 is 1.57 bits per heavy atom. The minimum Gasteiger partial charge on any atom is -0.381 e. The average molecular weight is 201 g/mol. The van der Waals surface area contributed by atoms with E-state index in [2.05, 4.69) is 19.2 Å². The SMILES string of the molecule is CCCNC(C)COCC1CCOC1. The maximum absolute atomic E-state index is 5.63. The molecule has 84 valence electrons. The molecule has 2 unspecified atom stereocenters. The van der Waals surface area contributed by atoms with E-state index in [1.807, 2.05) is 0 Å². The Morgan fingerprint density at radius 3 is 3.07 bits per heavy atom. The lowest BCUT2D eigenvalue weighted by Crippen LogP contribution is -2.31. The van der Waals surface area contributed by atoms with Crippen molar-refractivity contribution < 1.29 is 9.47 Å². The second kappa shape index (κ2) is 7.21. The number of hydrogen-bond donors (Lipinski definition) is 1. The molecule has 0 saturated carbocycles. The smallest absolute Gasteiger partial charge is 0.0617 e. The van der Waals surface area contributed by atoms with Gasteiger partial charge in [0.15, 0.2) is 0 Å². The summed E-state index contributed by atoms with van der Waals surface area (Å²) in [5, 5.41) is 3.40. The van der Waals surface area contributed by atoms with Crippen LogP contribution in [-0.2, 0) is 9.47 Å². The molecular formula is C11H23NO2. The van der Waals surface area contributed by atoms with Gasteiger partial charge in [-0.1, -0.05) is 6.92 Å². The van der Waals surface area contributed by atoms with Crippen LogP contribution in [-0.4, -0.2) is 39.0 Å². The van der Waals surface area contributed by atoms with Crippen LogP contribution in [0.1, 0.15) is 26.7 Å². The summed E-state index contributed by atoms with van der Waals surface area (Å²) >= 11 is 0. The zero-order valence-electron chi connectivity index (χ0n) is 9.42. The van der Waals surface area contributed by atoms with Crippen molar-refractivity contribution in [2.24, 2.45) is 5.92 Å². The summed E-state index contributed by atoms with van der Waals surface area (Å²) in [6, 6.07) is 0.470. The Labute approximate surface area is 87.2 Å². The first-order valence-electron chi connectivity index (χ1n) is 5.71. The van der Waals surface area contributed by atoms with Crippen LogP contribution in [0.3, 0.4) is 0 Å². The maximum atomic E-state index is 5.63. The van der Waals surface area contributed by atoms with Gasteiger partial charge in [0.2, 0.25) is 0 Å². The van der Waals surface area contributed by atoms with E-state index >= 15 is 0 Å². The number of rotatable bonds is 7. The summed E-state index contributed by atoms with van der Waals surface area (Å²) in [5.74, 6) is 0.633. The highest BCUT2D eigenvalue weighted by molar-refractivity contribution is 4.64. The monoisotopic (exact) mass is 201 g/mol. The van der Waals surface area contributed by atoms with Gasteiger partial charge in [-0.05, 0) is 26.3 Å². The van der Waals surface area contributed by atoms with Gasteiger partial charge in [0.05, 0.1) is 19.8 Å². The number of hydrogen-bond acceptors (Lipinski definition) is 3. The number of ether oxygens (including phenoxy) is 2. The molecule has 1 heterocycles. The average Bonchev–Trinajstić information content (AvgIpc) is 2.67. The van der Waals surface area contributed by atoms with Crippen molar-refractivity contribution in [1.29, 1.82) is 0 Å². The zero-order chi connectivity index (χ0) is 10.2. The van der Waals surface area contributed by atoms with Crippen LogP contribution in [0.4, 0.5) is 0 Å². The van der Waals surface area contributed by atoms with Crippen molar-refractivity contribution in [3.63, 3.8) is 0 Å². The standard InChI is InChI=1S/C11H23NO2/c1-3-5-12-10(2)7-14-9-11-4-6-13-8-11/h10-12H,3-9H2,1-2H3. The third-order valence-corrected chi connectivity index (χ3v) is 2.49. The van der Waals surface area contributed by atoms with Crippen LogP contribution in [0.25, 0.3) is 0 Å². The van der Waals surface area contributed by atoms with E-state index in [4.69, 9.17) is 9.47 Å². The van der Waals surface area contributed by atoms with Gasteiger partial charge in [-0.3, -0.25) is 0 Å². The predicted octanol–water partition coefficient (Wildman–Crippen LogP) is 1.43. The van der Waals surface area contributed by atoms with Gasteiger partial charge in [0, 0.05) is 18.6 Å². The van der Waals surface area contributed by atoms with E-state index in [1.165, 1.54) is 6.42 Å². The van der Waals surface area contributed by atoms with Crippen molar-refractivity contribution in [3.05, 3.63) is 0 Å². The second-order valence-corrected chi connectivity index (χ2v) is 4.12. The molecular weight excluding hydrogens is 178 g/mol. The van der Waals surface area contributed by atoms with Gasteiger partial charge < -0.3 is 14.8 Å². The second-order valence-electron chi connectivity index (χ2n) is 4.12. The number of nitrogens with one attached hydrogen (secondary N) is 1. The first-order chi connectivity index (χ1) is 6.83. The van der Waals surface area contributed by atoms with Gasteiger partial charge in [0.1, 0.15) is 0 Å². The van der Waals surface area contributed by atoms with Crippen molar-refractivity contribution in [2.45, 2.75) is 32.7 Å². The van der Waals surface area contributed by atoms with Crippen molar-refractivity contribution in [1.82, 2.24) is 5.32 Å². The highest BCUT2D eigenvalue weighted by Crippen LogP contribution is 2.12. The lowest BCUT2D eigenvalue weighted by molar-refractivity contribution is 0.0775. The van der Waals surface area contributed by atoms with Crippen LogP contribution in [0.2, 0.25) is 0 Å². The highest BCUT2D eigenvalue weighted by Gasteiger charge is 2.15. The molecule has 14 heavy (non-hydrogen) atoms. The quantitative estimate of drug-likeness (QED) is 0.676. The molecule has 3 heteroatoms. The first-order valence-corrected chi connectivity index (χ1v) is 5.71. The molecule has 1 aliphatic heterocycles. The van der Waals surface area contributed by atoms with E-state index in [9.17, 15) is 0 Å². The Bertz CT molecular complexity index is 135. The Kier molecular flexibility index (Phi) is 6.15. The van der Waals surface area contributed by atoms with Gasteiger partial charge in [-0.25, -0.2) is 0 Å². The minimum atomic E-state index is 0.470. The zero-order valence-corrected chi connectivity index (χ0v) is 9.42. The predicted molar refractivity (Wildman–Crippen MR) is 57.5 cm³/mol. The molecule has 1 saturated heterocycles. The van der Waals surface area contributed by atoms with E-state index in [0.717, 1.165) is 39.4 Å². The van der Waals surface area contributed by atoms with E-state index in [-0.39, 0.29) is 0 Å². The first kappa shape index (κ1) is 12.0. The summed E-state index contributed by atoms with van der Waals surface area (Å²) in [5.41, 5.74) is 0. The molecule has 0 spiro atoms. The Hall–Kier alpha value is -0.120. The Morgan fingerprint density at radius 2 is 2.43 bits per heavy atom. The fourth-order valence-electron chi connectivity index (χ4n) is 1.58. The van der Waals surface area contributed by atoms with Crippen molar-refractivity contribution in [2.75, 3.05) is 33.0 Å². The third kappa shape index (κ3) is 4.94. The molecule has 1 aliphatic rings. The van der Waals surface area contributed by atoms with Crippen molar-refractivity contribution >= 4 is 0 Å². The van der Waals surface area contributed by atoms with Gasteiger partial charge >= 0.3 is 0 Å². The molecule has 1 N–H and O–H groups in total. The maximum Gasteiger partial charge on any atom is 0.0617 e. The molecule has 0 aliphatic carbocycles. The lowest BCUT2D eigenvalue weighted by Gasteiger charge is -2.15.